The number of hydrogen-bond donors (Lipinski definition) is 2. The molecule has 2 fully saturated rings. The summed E-state index contributed by atoms with van der Waals surface area (Å²) in [5.41, 5.74) is 8.78. The number of nitrogens with one attached hydrogen (secondary N) is 1. The molecule has 1 aliphatic carbocycles. The summed E-state index contributed by atoms with van der Waals surface area (Å²) in [5, 5.41) is 15.9. The topological polar surface area (TPSA) is 141 Å². The molecule has 2 N–H and O–H groups in total. The standard InChI is InChI=1S/C17H19BrN6O4/c1-2-5-28-8-10-3-4-13(18)21-14(10)22-15(25)11-6-17(9-20-23-19)7-12(17)24(11)16(26)27/h2-4,11-12H,1,5-9H2,(H,26,27)(H,21,22,25). The van der Waals surface area contributed by atoms with Crippen LogP contribution in [0, 0.1) is 5.41 Å². The molecule has 2 heterocycles. The van der Waals surface area contributed by atoms with Crippen molar-refractivity contribution in [3.05, 3.63) is 45.4 Å². The first kappa shape index (κ1) is 20.1. The van der Waals surface area contributed by atoms with Gasteiger partial charge in [0.05, 0.1) is 13.2 Å². The number of carbonyl (C=O) groups is 2. The summed E-state index contributed by atoms with van der Waals surface area (Å²) >= 11 is 3.27. The van der Waals surface area contributed by atoms with E-state index in [9.17, 15) is 14.7 Å². The molecular weight excluding hydrogens is 432 g/mol. The molecule has 3 rings (SSSR count). The molecular formula is C17H19BrN6O4. The number of likely N-dealkylation sites (tertiary alicyclic amines) is 1. The minimum atomic E-state index is -1.16. The highest BCUT2D eigenvalue weighted by Gasteiger charge is 2.67. The molecule has 0 radical (unpaired) electrons. The Bertz CT molecular complexity index is 858. The molecule has 148 valence electrons. The number of nitrogens with zero attached hydrogens (tertiary/aromatic N) is 5. The molecule has 1 aliphatic heterocycles. The maximum atomic E-state index is 12.9. The summed E-state index contributed by atoms with van der Waals surface area (Å²) in [4.78, 5) is 32.8. The smallest absolute Gasteiger partial charge is 0.408 e. The minimum absolute atomic E-state index is 0.178. The summed E-state index contributed by atoms with van der Waals surface area (Å²) in [7, 11) is 0. The van der Waals surface area contributed by atoms with Crippen molar-refractivity contribution in [2.24, 2.45) is 10.5 Å². The number of aromatic nitrogens is 1. The zero-order valence-electron chi connectivity index (χ0n) is 14.9. The normalized spacial score (nSPS) is 24.8. The van der Waals surface area contributed by atoms with E-state index in [1.165, 1.54) is 0 Å². The number of halogens is 1. The van der Waals surface area contributed by atoms with Crippen molar-refractivity contribution < 1.29 is 19.4 Å². The number of piperidine rings is 1. The number of pyridine rings is 1. The fourth-order valence-electron chi connectivity index (χ4n) is 3.67. The van der Waals surface area contributed by atoms with E-state index in [1.54, 1.807) is 18.2 Å². The van der Waals surface area contributed by atoms with Crippen LogP contribution in [0.25, 0.3) is 10.4 Å². The van der Waals surface area contributed by atoms with Gasteiger partial charge in [0.25, 0.3) is 0 Å². The number of fused-ring (bicyclic) bond motifs is 1. The molecule has 0 aromatic carbocycles. The van der Waals surface area contributed by atoms with Gasteiger partial charge in [0, 0.05) is 28.5 Å². The van der Waals surface area contributed by atoms with Crippen molar-refractivity contribution in [2.75, 3.05) is 18.5 Å². The summed E-state index contributed by atoms with van der Waals surface area (Å²) in [6.45, 7) is 4.33. The van der Waals surface area contributed by atoms with Crippen LogP contribution in [0.4, 0.5) is 10.6 Å². The van der Waals surface area contributed by atoms with Gasteiger partial charge in [0.1, 0.15) is 16.5 Å². The zero-order chi connectivity index (χ0) is 20.3. The number of amides is 2. The Kier molecular flexibility index (Phi) is 5.87. The van der Waals surface area contributed by atoms with Gasteiger partial charge in [-0.2, -0.15) is 0 Å². The van der Waals surface area contributed by atoms with Crippen LogP contribution in [-0.2, 0) is 16.1 Å². The number of carbonyl (C=O) groups excluding carboxylic acids is 1. The lowest BCUT2D eigenvalue weighted by molar-refractivity contribution is -0.120. The van der Waals surface area contributed by atoms with E-state index >= 15 is 0 Å². The molecule has 1 aromatic heterocycles. The molecule has 3 atom stereocenters. The molecule has 11 heteroatoms. The molecule has 0 bridgehead atoms. The summed E-state index contributed by atoms with van der Waals surface area (Å²) in [6.07, 6.45) is 1.36. The van der Waals surface area contributed by atoms with E-state index in [2.05, 4.69) is 42.8 Å². The van der Waals surface area contributed by atoms with Crippen LogP contribution in [0.2, 0.25) is 0 Å². The van der Waals surface area contributed by atoms with Crippen LogP contribution in [-0.4, -0.2) is 52.2 Å². The lowest BCUT2D eigenvalue weighted by Crippen LogP contribution is -2.45. The van der Waals surface area contributed by atoms with E-state index in [1.807, 2.05) is 0 Å². The fraction of sp³-hybridized carbons (Fsp3) is 0.471. The van der Waals surface area contributed by atoms with Gasteiger partial charge in [0.2, 0.25) is 5.91 Å². The lowest BCUT2D eigenvalue weighted by Gasteiger charge is -2.24. The van der Waals surface area contributed by atoms with Crippen LogP contribution < -0.4 is 5.32 Å². The third kappa shape index (κ3) is 3.96. The maximum Gasteiger partial charge on any atom is 0.408 e. The Morgan fingerprint density at radius 2 is 2.36 bits per heavy atom. The largest absolute Gasteiger partial charge is 0.465 e. The van der Waals surface area contributed by atoms with Crippen molar-refractivity contribution in [1.29, 1.82) is 0 Å². The van der Waals surface area contributed by atoms with Crippen LogP contribution in [0.1, 0.15) is 18.4 Å². The molecule has 10 nitrogen and oxygen atoms in total. The third-order valence-electron chi connectivity index (χ3n) is 5.07. The van der Waals surface area contributed by atoms with Crippen molar-refractivity contribution in [1.82, 2.24) is 9.88 Å². The SMILES string of the molecule is C=CCOCc1ccc(Br)nc1NC(=O)C1CC2(CN=[N+]=[N-])CC2N1C(=O)O. The number of rotatable bonds is 8. The average molecular weight is 451 g/mol. The van der Waals surface area contributed by atoms with Crippen molar-refractivity contribution in [2.45, 2.75) is 31.5 Å². The van der Waals surface area contributed by atoms with E-state index in [0.717, 1.165) is 4.90 Å². The molecule has 2 aliphatic rings. The van der Waals surface area contributed by atoms with Gasteiger partial charge in [0.15, 0.2) is 0 Å². The Hall–Kier alpha value is -2.62. The second kappa shape index (κ2) is 8.17. The highest BCUT2D eigenvalue weighted by atomic mass is 79.9. The second-order valence-corrected chi connectivity index (χ2v) is 7.63. The first-order valence-electron chi connectivity index (χ1n) is 8.59. The quantitative estimate of drug-likeness (QED) is 0.156. The number of hydrogen-bond acceptors (Lipinski definition) is 5. The number of azide groups is 1. The van der Waals surface area contributed by atoms with Crippen molar-refractivity contribution >= 4 is 33.7 Å². The van der Waals surface area contributed by atoms with E-state index in [4.69, 9.17) is 10.3 Å². The summed E-state index contributed by atoms with van der Waals surface area (Å²) < 4.78 is 5.95. The molecule has 0 spiro atoms. The van der Waals surface area contributed by atoms with Crippen LogP contribution >= 0.6 is 15.9 Å². The van der Waals surface area contributed by atoms with E-state index in [0.29, 0.717) is 35.4 Å². The predicted octanol–water partition coefficient (Wildman–Crippen LogP) is 3.31. The number of ether oxygens (including phenoxy) is 1. The van der Waals surface area contributed by atoms with Gasteiger partial charge in [-0.1, -0.05) is 17.3 Å². The Morgan fingerprint density at radius 3 is 3.04 bits per heavy atom. The third-order valence-corrected chi connectivity index (χ3v) is 5.51. The average Bonchev–Trinajstić information content (AvgIpc) is 3.25. The zero-order valence-corrected chi connectivity index (χ0v) is 16.5. The number of carboxylic acid groups (broad SMARTS) is 1. The highest BCUT2D eigenvalue weighted by molar-refractivity contribution is 9.10. The minimum Gasteiger partial charge on any atom is -0.465 e. The van der Waals surface area contributed by atoms with Gasteiger partial charge < -0.3 is 15.2 Å². The van der Waals surface area contributed by atoms with Crippen LogP contribution in [0.15, 0.2) is 34.5 Å². The first-order valence-corrected chi connectivity index (χ1v) is 9.38. The van der Waals surface area contributed by atoms with Gasteiger partial charge >= 0.3 is 6.09 Å². The van der Waals surface area contributed by atoms with Gasteiger partial charge in [-0.15, -0.1) is 6.58 Å². The van der Waals surface area contributed by atoms with Crippen LogP contribution in [0.3, 0.4) is 0 Å². The van der Waals surface area contributed by atoms with E-state index < -0.39 is 23.5 Å². The Morgan fingerprint density at radius 1 is 1.57 bits per heavy atom. The highest BCUT2D eigenvalue weighted by Crippen LogP contribution is 2.59. The van der Waals surface area contributed by atoms with Crippen molar-refractivity contribution in [3.8, 4) is 0 Å². The second-order valence-electron chi connectivity index (χ2n) is 6.82. The molecule has 3 unspecified atom stereocenters. The molecule has 1 saturated heterocycles. The summed E-state index contributed by atoms with van der Waals surface area (Å²) in [6, 6.07) is 2.32. The first-order chi connectivity index (χ1) is 13.4. The van der Waals surface area contributed by atoms with Crippen molar-refractivity contribution in [3.63, 3.8) is 0 Å². The molecule has 28 heavy (non-hydrogen) atoms. The molecule has 1 aromatic rings. The summed E-state index contributed by atoms with van der Waals surface area (Å²) in [5.74, 6) is -0.163. The number of anilines is 1. The monoisotopic (exact) mass is 450 g/mol. The van der Waals surface area contributed by atoms with Gasteiger partial charge in [-0.05, 0) is 40.4 Å². The molecule has 2 amide bonds. The Labute approximate surface area is 169 Å². The van der Waals surface area contributed by atoms with E-state index in [-0.39, 0.29) is 19.2 Å². The fourth-order valence-corrected chi connectivity index (χ4v) is 3.98. The molecule has 1 saturated carbocycles. The Balaban J connectivity index is 1.77. The maximum absolute atomic E-state index is 12.9. The predicted molar refractivity (Wildman–Crippen MR) is 104 cm³/mol. The van der Waals surface area contributed by atoms with Crippen LogP contribution in [0.5, 0.6) is 0 Å². The van der Waals surface area contributed by atoms with Gasteiger partial charge in [-0.25, -0.2) is 9.78 Å². The van der Waals surface area contributed by atoms with Gasteiger partial charge in [-0.3, -0.25) is 9.69 Å². The lowest BCUT2D eigenvalue weighted by atomic mass is 9.99.